The second-order valence-corrected chi connectivity index (χ2v) is 3.40. The molecule has 15 heavy (non-hydrogen) atoms. The highest BCUT2D eigenvalue weighted by atomic mass is 19.1. The molecule has 0 spiro atoms. The quantitative estimate of drug-likeness (QED) is 0.667. The lowest BCUT2D eigenvalue weighted by atomic mass is 10.1. The van der Waals surface area contributed by atoms with Crippen LogP contribution in [0.25, 0.3) is 6.08 Å². The van der Waals surface area contributed by atoms with Gasteiger partial charge in [-0.2, -0.15) is 0 Å². The zero-order valence-electron chi connectivity index (χ0n) is 9.42. The predicted molar refractivity (Wildman–Crippen MR) is 63.7 cm³/mol. The molecule has 1 nitrogen and oxygen atoms in total. The zero-order valence-corrected chi connectivity index (χ0v) is 9.42. The second-order valence-electron chi connectivity index (χ2n) is 3.40. The summed E-state index contributed by atoms with van der Waals surface area (Å²) in [7, 11) is 1.79. The summed E-state index contributed by atoms with van der Waals surface area (Å²) >= 11 is 0. The van der Waals surface area contributed by atoms with E-state index >= 15 is 0 Å². The highest BCUT2D eigenvalue weighted by molar-refractivity contribution is 6.02. The number of hydrogen-bond acceptors (Lipinski definition) is 1. The van der Waals surface area contributed by atoms with Crippen LogP contribution in [0, 0.1) is 5.82 Å². The van der Waals surface area contributed by atoms with E-state index in [0.717, 1.165) is 23.3 Å². The van der Waals surface area contributed by atoms with Crippen LogP contribution in [0.4, 0.5) is 4.39 Å². The van der Waals surface area contributed by atoms with Crippen LogP contribution in [-0.4, -0.2) is 12.8 Å². The van der Waals surface area contributed by atoms with Crippen molar-refractivity contribution in [3.8, 4) is 0 Å². The van der Waals surface area contributed by atoms with E-state index < -0.39 is 0 Å². The van der Waals surface area contributed by atoms with Crippen molar-refractivity contribution < 1.29 is 4.39 Å². The molecular weight excluding hydrogens is 189 g/mol. The van der Waals surface area contributed by atoms with E-state index in [-0.39, 0.29) is 5.82 Å². The molecule has 0 bridgehead atoms. The van der Waals surface area contributed by atoms with Gasteiger partial charge in [-0.05, 0) is 36.6 Å². The molecule has 1 rings (SSSR count). The zero-order chi connectivity index (χ0) is 11.3. The largest absolute Gasteiger partial charge is 0.293 e. The van der Waals surface area contributed by atoms with Gasteiger partial charge >= 0.3 is 0 Å². The lowest BCUT2D eigenvalue weighted by molar-refractivity contribution is 0.628. The molecule has 0 aliphatic rings. The molecule has 1 aromatic rings. The lowest BCUT2D eigenvalue weighted by Crippen LogP contribution is -1.97. The van der Waals surface area contributed by atoms with Gasteiger partial charge in [0.05, 0.1) is 0 Å². The summed E-state index contributed by atoms with van der Waals surface area (Å²) < 4.78 is 12.7. The van der Waals surface area contributed by atoms with Crippen molar-refractivity contribution in [2.75, 3.05) is 7.05 Å². The Morgan fingerprint density at radius 2 is 1.93 bits per heavy atom. The summed E-state index contributed by atoms with van der Waals surface area (Å²) in [6, 6.07) is 6.46. The first-order chi connectivity index (χ1) is 7.17. The van der Waals surface area contributed by atoms with Gasteiger partial charge in [-0.3, -0.25) is 4.99 Å². The number of rotatable bonds is 3. The highest BCUT2D eigenvalue weighted by Gasteiger charge is 1.98. The first-order valence-corrected chi connectivity index (χ1v) is 5.07. The van der Waals surface area contributed by atoms with Gasteiger partial charge in [0, 0.05) is 12.8 Å². The first-order valence-electron chi connectivity index (χ1n) is 5.07. The summed E-state index contributed by atoms with van der Waals surface area (Å²) in [5, 5.41) is 0. The number of halogens is 1. The number of nitrogens with zero attached hydrogens (tertiary/aromatic N) is 1. The maximum atomic E-state index is 12.7. The molecule has 0 amide bonds. The van der Waals surface area contributed by atoms with Gasteiger partial charge in [-0.25, -0.2) is 4.39 Å². The molecule has 0 aromatic heterocycles. The van der Waals surface area contributed by atoms with Crippen molar-refractivity contribution in [3.05, 3.63) is 41.2 Å². The molecule has 0 radical (unpaired) electrons. The Morgan fingerprint density at radius 1 is 1.33 bits per heavy atom. The highest BCUT2D eigenvalue weighted by Crippen LogP contribution is 2.10. The maximum absolute atomic E-state index is 12.7. The summed E-state index contributed by atoms with van der Waals surface area (Å²) in [4.78, 5) is 4.19. The van der Waals surface area contributed by atoms with Crippen molar-refractivity contribution in [3.63, 3.8) is 0 Å². The SMILES string of the molecule is CCC(=N\C)/C(C)=C/c1ccc(F)cc1. The van der Waals surface area contributed by atoms with E-state index in [1.807, 2.05) is 13.0 Å². The predicted octanol–water partition coefficient (Wildman–Crippen LogP) is 3.71. The average Bonchev–Trinajstić information content (AvgIpc) is 2.23. The summed E-state index contributed by atoms with van der Waals surface area (Å²) in [6.45, 7) is 4.10. The third kappa shape index (κ3) is 3.31. The maximum Gasteiger partial charge on any atom is 0.123 e. The summed E-state index contributed by atoms with van der Waals surface area (Å²) in [5.74, 6) is -0.204. The molecule has 0 unspecified atom stereocenters. The molecule has 2 heteroatoms. The van der Waals surface area contributed by atoms with Gasteiger partial charge in [0.1, 0.15) is 5.82 Å². The molecule has 0 atom stereocenters. The Balaban J connectivity index is 2.92. The molecule has 80 valence electrons. The van der Waals surface area contributed by atoms with Crippen molar-refractivity contribution in [2.24, 2.45) is 4.99 Å². The van der Waals surface area contributed by atoms with Crippen LogP contribution in [0.1, 0.15) is 25.8 Å². The number of aliphatic imine (C=N–C) groups is 1. The van der Waals surface area contributed by atoms with Gasteiger partial charge in [0.2, 0.25) is 0 Å². The minimum Gasteiger partial charge on any atom is -0.293 e. The van der Waals surface area contributed by atoms with E-state index in [4.69, 9.17) is 0 Å². The Kier molecular flexibility index (Phi) is 4.22. The Labute approximate surface area is 90.4 Å². The van der Waals surface area contributed by atoms with E-state index in [1.54, 1.807) is 19.2 Å². The molecule has 0 heterocycles. The van der Waals surface area contributed by atoms with Crippen molar-refractivity contribution in [2.45, 2.75) is 20.3 Å². The normalized spacial score (nSPS) is 13.1. The standard InChI is InChI=1S/C13H16FN/c1-4-13(15-3)10(2)9-11-5-7-12(14)8-6-11/h5-9H,4H2,1-3H3/b10-9+,15-13+. The Bertz CT molecular complexity index is 374. The van der Waals surface area contributed by atoms with Crippen LogP contribution in [-0.2, 0) is 0 Å². The third-order valence-electron chi connectivity index (χ3n) is 2.31. The molecule has 0 saturated carbocycles. The second kappa shape index (κ2) is 5.44. The van der Waals surface area contributed by atoms with Crippen LogP contribution >= 0.6 is 0 Å². The smallest absolute Gasteiger partial charge is 0.123 e. The molecule has 0 aliphatic carbocycles. The molecule has 0 N–H and O–H groups in total. The van der Waals surface area contributed by atoms with E-state index in [0.29, 0.717) is 0 Å². The number of benzene rings is 1. The number of hydrogen-bond donors (Lipinski definition) is 0. The summed E-state index contributed by atoms with van der Waals surface area (Å²) in [5.41, 5.74) is 3.22. The Hall–Kier alpha value is -1.44. The molecule has 0 aliphatic heterocycles. The minimum absolute atomic E-state index is 0.204. The number of allylic oxidation sites excluding steroid dienone is 1. The van der Waals surface area contributed by atoms with Crippen molar-refractivity contribution in [1.82, 2.24) is 0 Å². The van der Waals surface area contributed by atoms with E-state index in [1.165, 1.54) is 12.1 Å². The fourth-order valence-electron chi connectivity index (χ4n) is 1.51. The minimum atomic E-state index is -0.204. The summed E-state index contributed by atoms with van der Waals surface area (Å²) in [6.07, 6.45) is 2.94. The van der Waals surface area contributed by atoms with Gasteiger partial charge in [-0.1, -0.05) is 25.1 Å². The average molecular weight is 205 g/mol. The van der Waals surface area contributed by atoms with E-state index in [2.05, 4.69) is 11.9 Å². The van der Waals surface area contributed by atoms with Gasteiger partial charge in [0.15, 0.2) is 0 Å². The lowest BCUT2D eigenvalue weighted by Gasteiger charge is -2.02. The van der Waals surface area contributed by atoms with Crippen LogP contribution < -0.4 is 0 Å². The van der Waals surface area contributed by atoms with Crippen LogP contribution in [0.15, 0.2) is 34.8 Å². The van der Waals surface area contributed by atoms with E-state index in [9.17, 15) is 4.39 Å². The fraction of sp³-hybridized carbons (Fsp3) is 0.308. The van der Waals surface area contributed by atoms with Gasteiger partial charge in [-0.15, -0.1) is 0 Å². The fourth-order valence-corrected chi connectivity index (χ4v) is 1.51. The Morgan fingerprint density at radius 3 is 2.40 bits per heavy atom. The first kappa shape index (κ1) is 11.6. The van der Waals surface area contributed by atoms with Gasteiger partial charge in [0.25, 0.3) is 0 Å². The molecule has 1 aromatic carbocycles. The van der Waals surface area contributed by atoms with Gasteiger partial charge < -0.3 is 0 Å². The van der Waals surface area contributed by atoms with Crippen molar-refractivity contribution in [1.29, 1.82) is 0 Å². The monoisotopic (exact) mass is 205 g/mol. The van der Waals surface area contributed by atoms with Crippen LogP contribution in [0.5, 0.6) is 0 Å². The molecular formula is C13H16FN. The topological polar surface area (TPSA) is 12.4 Å². The van der Waals surface area contributed by atoms with Crippen LogP contribution in [0.2, 0.25) is 0 Å². The van der Waals surface area contributed by atoms with Crippen LogP contribution in [0.3, 0.4) is 0 Å². The van der Waals surface area contributed by atoms with Crippen molar-refractivity contribution >= 4 is 11.8 Å². The molecule has 0 saturated heterocycles. The third-order valence-corrected chi connectivity index (χ3v) is 2.31. The molecule has 0 fully saturated rings.